The molecule has 0 aromatic carbocycles. The van der Waals surface area contributed by atoms with Crippen molar-refractivity contribution >= 4 is 11.9 Å². The molecule has 2 unspecified atom stereocenters. The van der Waals surface area contributed by atoms with Crippen LogP contribution >= 0.6 is 0 Å². The van der Waals surface area contributed by atoms with Gasteiger partial charge in [-0.1, -0.05) is 0 Å². The largest absolute Gasteiger partial charge is 1.00 e. The quantitative estimate of drug-likeness (QED) is 0.355. The van der Waals surface area contributed by atoms with Crippen LogP contribution in [0.3, 0.4) is 0 Å². The smallest absolute Gasteiger partial charge is 1.00 e. The van der Waals surface area contributed by atoms with Crippen molar-refractivity contribution in [3.63, 3.8) is 0 Å². The van der Waals surface area contributed by atoms with Crippen molar-refractivity contribution in [3.05, 3.63) is 0 Å². The van der Waals surface area contributed by atoms with E-state index in [-0.39, 0.29) is 89.3 Å². The molecule has 0 aliphatic carbocycles. The van der Waals surface area contributed by atoms with Gasteiger partial charge in [-0.2, -0.15) is 0 Å². The number of carboxylic acids is 2. The van der Waals surface area contributed by atoms with Crippen LogP contribution in [0, 0.1) is 0 Å². The SMILES string of the molecule is O.O=C(O)C(O)C(O)C(=O)O.[H-].[H-].[K+].[Na+]. The summed E-state index contributed by atoms with van der Waals surface area (Å²) < 4.78 is 0. The average molecular weight is 232 g/mol. The normalized spacial score (nSPS) is 12.2. The summed E-state index contributed by atoms with van der Waals surface area (Å²) in [6.45, 7) is 0. The van der Waals surface area contributed by atoms with E-state index in [0.29, 0.717) is 0 Å². The number of carbonyl (C=O) groups is 2. The second-order valence-corrected chi connectivity index (χ2v) is 1.57. The van der Waals surface area contributed by atoms with E-state index in [4.69, 9.17) is 20.4 Å². The van der Waals surface area contributed by atoms with Gasteiger partial charge < -0.3 is 28.8 Å². The Bertz CT molecular complexity index is 153. The molecule has 0 aliphatic rings. The van der Waals surface area contributed by atoms with Gasteiger partial charge in [-0.25, -0.2) is 9.59 Å². The van der Waals surface area contributed by atoms with Gasteiger partial charge in [0.2, 0.25) is 0 Å². The first kappa shape index (κ1) is 23.9. The Morgan fingerprint density at radius 1 is 1.00 bits per heavy atom. The summed E-state index contributed by atoms with van der Waals surface area (Å²) in [5, 5.41) is 32.5. The van der Waals surface area contributed by atoms with E-state index in [2.05, 4.69) is 0 Å². The van der Waals surface area contributed by atoms with Gasteiger partial charge in [0.15, 0.2) is 12.2 Å². The molecule has 0 radical (unpaired) electrons. The topological polar surface area (TPSA) is 147 Å². The minimum Gasteiger partial charge on any atom is -1.00 e. The van der Waals surface area contributed by atoms with E-state index >= 15 is 0 Å². The summed E-state index contributed by atoms with van der Waals surface area (Å²) in [6, 6.07) is 0. The number of hydrogen-bond acceptors (Lipinski definition) is 4. The van der Waals surface area contributed by atoms with Crippen LogP contribution in [0.2, 0.25) is 0 Å². The zero-order valence-electron chi connectivity index (χ0n) is 9.26. The third kappa shape index (κ3) is 9.75. The molecule has 0 fully saturated rings. The molecule has 0 aliphatic heterocycles. The van der Waals surface area contributed by atoms with Crippen molar-refractivity contribution < 1.29 is 119 Å². The number of aliphatic hydroxyl groups is 2. The predicted octanol–water partition coefficient (Wildman–Crippen LogP) is -8.71. The summed E-state index contributed by atoms with van der Waals surface area (Å²) in [5.74, 6) is -3.54. The van der Waals surface area contributed by atoms with Crippen molar-refractivity contribution in [2.75, 3.05) is 0 Å². The molecule has 0 aromatic heterocycles. The third-order valence-corrected chi connectivity index (χ3v) is 0.805. The number of rotatable bonds is 3. The number of carboxylic acid groups (broad SMARTS) is 2. The molecule has 0 bridgehead atoms. The average Bonchev–Trinajstić information content (AvgIpc) is 1.84. The fourth-order valence-electron chi connectivity index (χ4n) is 0.270. The van der Waals surface area contributed by atoms with E-state index in [0.717, 1.165) is 0 Å². The molecule has 0 spiro atoms. The molecule has 0 rings (SSSR count). The van der Waals surface area contributed by atoms with Gasteiger partial charge in [-0.15, -0.1) is 0 Å². The molecule has 0 amide bonds. The Morgan fingerprint density at radius 2 is 1.15 bits per heavy atom. The van der Waals surface area contributed by atoms with Crippen LogP contribution in [0.5, 0.6) is 0 Å². The van der Waals surface area contributed by atoms with Crippen molar-refractivity contribution in [1.29, 1.82) is 0 Å². The summed E-state index contributed by atoms with van der Waals surface area (Å²) in [5.41, 5.74) is 0. The molecule has 0 aromatic rings. The van der Waals surface area contributed by atoms with E-state index in [1.807, 2.05) is 0 Å². The monoisotopic (exact) mass is 232 g/mol. The van der Waals surface area contributed by atoms with Gasteiger partial charge in [0.1, 0.15) is 0 Å². The fraction of sp³-hybridized carbons (Fsp3) is 0.500. The second kappa shape index (κ2) is 11.5. The minimum absolute atomic E-state index is 0. The molecular formula is C4H10KNaO7. The van der Waals surface area contributed by atoms with E-state index in [9.17, 15) is 9.59 Å². The second-order valence-electron chi connectivity index (χ2n) is 1.57. The van der Waals surface area contributed by atoms with Crippen LogP contribution in [0.1, 0.15) is 2.85 Å². The van der Waals surface area contributed by atoms with Crippen LogP contribution in [-0.2, 0) is 9.59 Å². The maximum atomic E-state index is 9.77. The number of aliphatic hydroxyl groups excluding tert-OH is 2. The number of hydrogen-bond donors (Lipinski definition) is 4. The summed E-state index contributed by atoms with van der Waals surface area (Å²) in [7, 11) is 0. The van der Waals surface area contributed by atoms with E-state index < -0.39 is 24.1 Å². The third-order valence-electron chi connectivity index (χ3n) is 0.805. The van der Waals surface area contributed by atoms with Gasteiger partial charge >= 0.3 is 92.9 Å². The van der Waals surface area contributed by atoms with Crippen LogP contribution < -0.4 is 80.9 Å². The standard InChI is InChI=1S/C4H6O6.K.Na.H2O.2H/c5-1(3(7)8)2(6)4(9)10;;;;;/h1-2,5-6H,(H,7,8)(H,9,10);;;1H2;;/q;2*+1;;2*-1. The maximum Gasteiger partial charge on any atom is 1.00 e. The first-order chi connectivity index (χ1) is 4.46. The van der Waals surface area contributed by atoms with Gasteiger partial charge in [0.25, 0.3) is 0 Å². The molecule has 7 nitrogen and oxygen atoms in total. The summed E-state index contributed by atoms with van der Waals surface area (Å²) in [4.78, 5) is 19.5. The van der Waals surface area contributed by atoms with Gasteiger partial charge in [0.05, 0.1) is 0 Å². The molecule has 9 heteroatoms. The van der Waals surface area contributed by atoms with E-state index in [1.165, 1.54) is 0 Å². The molecule has 70 valence electrons. The first-order valence-corrected chi connectivity index (χ1v) is 2.28. The zero-order chi connectivity index (χ0) is 8.31. The summed E-state index contributed by atoms with van der Waals surface area (Å²) in [6.07, 6.45) is -4.53. The maximum absolute atomic E-state index is 9.77. The first-order valence-electron chi connectivity index (χ1n) is 2.28. The van der Waals surface area contributed by atoms with Crippen molar-refractivity contribution in [2.24, 2.45) is 0 Å². The Morgan fingerprint density at radius 3 is 1.23 bits per heavy atom. The molecule has 13 heavy (non-hydrogen) atoms. The van der Waals surface area contributed by atoms with Crippen molar-refractivity contribution in [1.82, 2.24) is 0 Å². The molecular weight excluding hydrogens is 222 g/mol. The van der Waals surface area contributed by atoms with Crippen molar-refractivity contribution in [2.45, 2.75) is 12.2 Å². The zero-order valence-corrected chi connectivity index (χ0v) is 12.4. The van der Waals surface area contributed by atoms with Crippen LogP contribution in [0.4, 0.5) is 0 Å². The summed E-state index contributed by atoms with van der Waals surface area (Å²) >= 11 is 0. The van der Waals surface area contributed by atoms with Crippen LogP contribution in [0.25, 0.3) is 0 Å². The van der Waals surface area contributed by atoms with E-state index in [1.54, 1.807) is 0 Å². The van der Waals surface area contributed by atoms with Crippen LogP contribution in [0.15, 0.2) is 0 Å². The Labute approximate surface area is 141 Å². The Balaban J connectivity index is -0.0000000405. The molecule has 0 heterocycles. The fourth-order valence-corrected chi connectivity index (χ4v) is 0.270. The van der Waals surface area contributed by atoms with Gasteiger partial charge in [-0.3, -0.25) is 0 Å². The predicted molar refractivity (Wildman–Crippen MR) is 33.1 cm³/mol. The molecule has 2 atom stereocenters. The molecule has 0 saturated carbocycles. The molecule has 0 saturated heterocycles. The van der Waals surface area contributed by atoms with Crippen LogP contribution in [-0.4, -0.2) is 50.0 Å². The Hall–Kier alpha value is 1.46. The van der Waals surface area contributed by atoms with Gasteiger partial charge in [0, 0.05) is 0 Å². The van der Waals surface area contributed by atoms with Crippen molar-refractivity contribution in [3.8, 4) is 0 Å². The van der Waals surface area contributed by atoms with Gasteiger partial charge in [-0.05, 0) is 0 Å². The minimum atomic E-state index is -2.27. The Kier molecular flexibility index (Phi) is 21.2. The molecule has 6 N–H and O–H groups in total. The number of aliphatic carboxylic acids is 2.